The van der Waals surface area contributed by atoms with Crippen LogP contribution in [0.3, 0.4) is 0 Å². The monoisotopic (exact) mass is 443 g/mol. The molecule has 2 aromatic heterocycles. The molecule has 3 rings (SSSR count). The molecule has 1 atom stereocenters. The summed E-state index contributed by atoms with van der Waals surface area (Å²) < 4.78 is 1.57. The number of aromatic nitrogens is 3. The summed E-state index contributed by atoms with van der Waals surface area (Å²) in [7, 11) is 1.74. The van der Waals surface area contributed by atoms with E-state index in [4.69, 9.17) is 40.5 Å². The van der Waals surface area contributed by atoms with E-state index < -0.39 is 0 Å². The van der Waals surface area contributed by atoms with E-state index in [1.54, 1.807) is 29.9 Å². The molecule has 2 heterocycles. The smallest absolute Gasteiger partial charge is 0.261 e. The predicted molar refractivity (Wildman–Crippen MR) is 110 cm³/mol. The molecule has 0 bridgehead atoms. The van der Waals surface area contributed by atoms with Gasteiger partial charge in [0.15, 0.2) is 5.15 Å². The van der Waals surface area contributed by atoms with Gasteiger partial charge in [0.05, 0.1) is 4.88 Å². The molecule has 142 valence electrons. The second-order valence-electron chi connectivity index (χ2n) is 5.90. The lowest BCUT2D eigenvalue weighted by Crippen LogP contribution is -2.41. The van der Waals surface area contributed by atoms with Crippen LogP contribution in [0.2, 0.25) is 15.2 Å². The van der Waals surface area contributed by atoms with Gasteiger partial charge < -0.3 is 11.1 Å². The van der Waals surface area contributed by atoms with Crippen molar-refractivity contribution in [3.8, 4) is 11.3 Å². The molecule has 0 saturated heterocycles. The highest BCUT2D eigenvalue weighted by Crippen LogP contribution is 2.29. The first-order valence-electron chi connectivity index (χ1n) is 7.98. The lowest BCUT2D eigenvalue weighted by molar-refractivity contribution is 0.0942. The lowest BCUT2D eigenvalue weighted by Gasteiger charge is -2.17. The number of rotatable bonds is 6. The minimum Gasteiger partial charge on any atom is -0.347 e. The minimum absolute atomic E-state index is 0.210. The van der Waals surface area contributed by atoms with Crippen molar-refractivity contribution in [2.24, 2.45) is 12.8 Å². The SMILES string of the molecule is Cn1nnc(Cl)c1-c1csc(C(=O)N[C@H](CN)Cc2ccc(Cl)cc2Cl)c1. The fourth-order valence-electron chi connectivity index (χ4n) is 2.62. The maximum atomic E-state index is 12.6. The third kappa shape index (κ3) is 4.62. The Kier molecular flexibility index (Phi) is 6.39. The Morgan fingerprint density at radius 3 is 2.74 bits per heavy atom. The van der Waals surface area contributed by atoms with Crippen LogP contribution < -0.4 is 11.1 Å². The first kappa shape index (κ1) is 20.1. The fraction of sp³-hybridized carbons (Fsp3) is 0.235. The van der Waals surface area contributed by atoms with Crippen molar-refractivity contribution < 1.29 is 4.79 Å². The van der Waals surface area contributed by atoms with Crippen LogP contribution in [0.4, 0.5) is 0 Å². The summed E-state index contributed by atoms with van der Waals surface area (Å²) in [5.41, 5.74) is 8.15. The Morgan fingerprint density at radius 2 is 2.11 bits per heavy atom. The van der Waals surface area contributed by atoms with E-state index in [-0.39, 0.29) is 18.5 Å². The van der Waals surface area contributed by atoms with Crippen LogP contribution in [-0.4, -0.2) is 33.5 Å². The van der Waals surface area contributed by atoms with E-state index in [1.807, 2.05) is 11.4 Å². The maximum Gasteiger partial charge on any atom is 0.261 e. The van der Waals surface area contributed by atoms with Crippen LogP contribution >= 0.6 is 46.1 Å². The molecule has 1 aromatic carbocycles. The molecule has 27 heavy (non-hydrogen) atoms. The summed E-state index contributed by atoms with van der Waals surface area (Å²) >= 11 is 19.5. The van der Waals surface area contributed by atoms with Crippen LogP contribution in [0.25, 0.3) is 11.3 Å². The van der Waals surface area contributed by atoms with Gasteiger partial charge in [-0.25, -0.2) is 4.68 Å². The molecular weight excluding hydrogens is 429 g/mol. The number of carbonyl (C=O) groups is 1. The van der Waals surface area contributed by atoms with E-state index in [0.717, 1.165) is 11.1 Å². The van der Waals surface area contributed by atoms with Gasteiger partial charge in [-0.05, 0) is 30.2 Å². The van der Waals surface area contributed by atoms with Gasteiger partial charge in [0.25, 0.3) is 5.91 Å². The maximum absolute atomic E-state index is 12.6. The molecule has 0 aliphatic heterocycles. The van der Waals surface area contributed by atoms with Crippen LogP contribution in [-0.2, 0) is 13.5 Å². The molecule has 0 saturated carbocycles. The number of nitrogens with one attached hydrogen (secondary N) is 1. The summed E-state index contributed by atoms with van der Waals surface area (Å²) in [6.07, 6.45) is 0.508. The zero-order chi connectivity index (χ0) is 19.6. The molecule has 0 unspecified atom stereocenters. The van der Waals surface area contributed by atoms with E-state index in [0.29, 0.717) is 32.2 Å². The van der Waals surface area contributed by atoms with Gasteiger partial charge in [-0.1, -0.05) is 46.1 Å². The van der Waals surface area contributed by atoms with Crippen molar-refractivity contribution in [3.05, 3.63) is 55.3 Å². The van der Waals surface area contributed by atoms with E-state index in [9.17, 15) is 4.79 Å². The standard InChI is InChI=1S/C17H16Cl3N5OS/c1-25-15(16(20)23-24-25)10-5-14(27-8-10)17(26)22-12(7-21)4-9-2-3-11(18)6-13(9)19/h2-3,5-6,8,12H,4,7,21H2,1H3,(H,22,26)/t12-/m0/s1. The summed E-state index contributed by atoms with van der Waals surface area (Å²) in [6, 6.07) is 6.76. The van der Waals surface area contributed by atoms with E-state index >= 15 is 0 Å². The lowest BCUT2D eigenvalue weighted by atomic mass is 10.1. The van der Waals surface area contributed by atoms with E-state index in [2.05, 4.69) is 15.6 Å². The van der Waals surface area contributed by atoms with Crippen LogP contribution in [0.1, 0.15) is 15.2 Å². The molecule has 0 aliphatic carbocycles. The van der Waals surface area contributed by atoms with Crippen molar-refractivity contribution >= 4 is 52.0 Å². The number of aryl methyl sites for hydroxylation is 1. The number of nitrogens with zero attached hydrogens (tertiary/aromatic N) is 3. The Morgan fingerprint density at radius 1 is 1.33 bits per heavy atom. The molecule has 3 aromatic rings. The molecule has 3 N–H and O–H groups in total. The van der Waals surface area contributed by atoms with Crippen LogP contribution in [0.15, 0.2) is 29.6 Å². The number of amides is 1. The van der Waals surface area contributed by atoms with Gasteiger partial charge in [0, 0.05) is 40.6 Å². The number of halogens is 3. The van der Waals surface area contributed by atoms with E-state index in [1.165, 1.54) is 11.3 Å². The predicted octanol–water partition coefficient (Wildman–Crippen LogP) is 3.80. The Hall–Kier alpha value is -1.64. The largest absolute Gasteiger partial charge is 0.347 e. The Bertz CT molecular complexity index is 952. The number of carbonyl (C=O) groups excluding carboxylic acids is 1. The summed E-state index contributed by atoms with van der Waals surface area (Å²) in [5.74, 6) is -0.210. The highest BCUT2D eigenvalue weighted by molar-refractivity contribution is 7.12. The van der Waals surface area contributed by atoms with Crippen molar-refractivity contribution in [2.45, 2.75) is 12.5 Å². The van der Waals surface area contributed by atoms with Crippen molar-refractivity contribution in [2.75, 3.05) is 6.54 Å². The summed E-state index contributed by atoms with van der Waals surface area (Å²) in [5, 5.41) is 13.9. The molecule has 0 radical (unpaired) electrons. The van der Waals surface area contributed by atoms with Crippen molar-refractivity contribution in [1.29, 1.82) is 0 Å². The summed E-state index contributed by atoms with van der Waals surface area (Å²) in [4.78, 5) is 13.2. The average molecular weight is 445 g/mol. The topological polar surface area (TPSA) is 85.8 Å². The quantitative estimate of drug-likeness (QED) is 0.605. The first-order valence-corrected chi connectivity index (χ1v) is 9.99. The fourth-order valence-corrected chi connectivity index (χ4v) is 4.17. The molecule has 10 heteroatoms. The van der Waals surface area contributed by atoms with Gasteiger partial charge in [0.1, 0.15) is 5.69 Å². The third-order valence-electron chi connectivity index (χ3n) is 3.98. The number of benzene rings is 1. The number of hydrogen-bond donors (Lipinski definition) is 2. The molecule has 1 amide bonds. The zero-order valence-electron chi connectivity index (χ0n) is 14.2. The van der Waals surface area contributed by atoms with Gasteiger partial charge in [-0.3, -0.25) is 4.79 Å². The molecule has 6 nitrogen and oxygen atoms in total. The molecule has 0 fully saturated rings. The Balaban J connectivity index is 1.72. The second-order valence-corrected chi connectivity index (χ2v) is 8.01. The summed E-state index contributed by atoms with van der Waals surface area (Å²) in [6.45, 7) is 0.278. The first-order chi connectivity index (χ1) is 12.9. The number of hydrogen-bond acceptors (Lipinski definition) is 5. The van der Waals surface area contributed by atoms with Crippen LogP contribution in [0.5, 0.6) is 0 Å². The zero-order valence-corrected chi connectivity index (χ0v) is 17.3. The minimum atomic E-state index is -0.260. The van der Waals surface area contributed by atoms with Crippen molar-refractivity contribution in [3.63, 3.8) is 0 Å². The van der Waals surface area contributed by atoms with Crippen LogP contribution in [0, 0.1) is 0 Å². The normalized spacial score (nSPS) is 12.2. The Labute approximate surface area is 175 Å². The average Bonchev–Trinajstić information content (AvgIpc) is 3.23. The molecule has 0 spiro atoms. The molecular formula is C17H16Cl3N5OS. The second kappa shape index (κ2) is 8.58. The van der Waals surface area contributed by atoms with Gasteiger partial charge in [0.2, 0.25) is 0 Å². The third-order valence-corrected chi connectivity index (χ3v) is 5.75. The van der Waals surface area contributed by atoms with Gasteiger partial charge in [-0.2, -0.15) is 0 Å². The highest BCUT2D eigenvalue weighted by Gasteiger charge is 2.19. The van der Waals surface area contributed by atoms with Gasteiger partial charge >= 0.3 is 0 Å². The number of thiophene rings is 1. The highest BCUT2D eigenvalue weighted by atomic mass is 35.5. The number of nitrogens with two attached hydrogens (primary N) is 1. The van der Waals surface area contributed by atoms with Gasteiger partial charge in [-0.15, -0.1) is 16.4 Å². The molecule has 0 aliphatic rings. The van der Waals surface area contributed by atoms with Crippen molar-refractivity contribution in [1.82, 2.24) is 20.3 Å².